The van der Waals surface area contributed by atoms with Gasteiger partial charge < -0.3 is 15.5 Å². The molecule has 1 aromatic carbocycles. The molecular formula is C15H22ClN3O2. The first-order valence-electron chi connectivity index (χ1n) is 6.93. The van der Waals surface area contributed by atoms with Crippen molar-refractivity contribution in [1.82, 2.24) is 10.2 Å². The summed E-state index contributed by atoms with van der Waals surface area (Å²) in [5.74, 6) is 0.0646. The lowest BCUT2D eigenvalue weighted by atomic mass is 10.1. The molecule has 1 aromatic rings. The van der Waals surface area contributed by atoms with Crippen LogP contribution in [0.15, 0.2) is 24.3 Å². The zero-order valence-corrected chi connectivity index (χ0v) is 13.2. The summed E-state index contributed by atoms with van der Waals surface area (Å²) in [6.07, 6.45) is 0.407. The van der Waals surface area contributed by atoms with E-state index in [9.17, 15) is 9.59 Å². The Morgan fingerprint density at radius 2 is 2.00 bits per heavy atom. The van der Waals surface area contributed by atoms with Crippen molar-refractivity contribution in [1.29, 1.82) is 0 Å². The molecule has 1 atom stereocenters. The van der Waals surface area contributed by atoms with E-state index < -0.39 is 0 Å². The van der Waals surface area contributed by atoms with Crippen molar-refractivity contribution in [2.45, 2.75) is 26.3 Å². The first-order valence-corrected chi connectivity index (χ1v) is 6.93. The number of carbonyl (C=O) groups excluding carboxylic acids is 2. The van der Waals surface area contributed by atoms with Gasteiger partial charge >= 0.3 is 0 Å². The molecule has 2 N–H and O–H groups in total. The maximum Gasteiger partial charge on any atom is 0.227 e. The van der Waals surface area contributed by atoms with Crippen LogP contribution < -0.4 is 10.6 Å². The molecular weight excluding hydrogens is 290 g/mol. The molecule has 1 heterocycles. The molecule has 0 bridgehead atoms. The van der Waals surface area contributed by atoms with E-state index >= 15 is 0 Å². The number of carbonyl (C=O) groups is 2. The van der Waals surface area contributed by atoms with Gasteiger partial charge in [-0.25, -0.2) is 0 Å². The zero-order valence-electron chi connectivity index (χ0n) is 12.4. The Morgan fingerprint density at radius 1 is 1.33 bits per heavy atom. The Bertz CT molecular complexity index is 490. The molecule has 2 rings (SSSR count). The Morgan fingerprint density at radius 3 is 2.57 bits per heavy atom. The predicted octanol–water partition coefficient (Wildman–Crippen LogP) is 1.43. The molecule has 116 valence electrons. The summed E-state index contributed by atoms with van der Waals surface area (Å²) in [5, 5.41) is 5.99. The van der Waals surface area contributed by atoms with Gasteiger partial charge in [0.05, 0.1) is 6.42 Å². The van der Waals surface area contributed by atoms with Crippen molar-refractivity contribution < 1.29 is 9.59 Å². The predicted molar refractivity (Wildman–Crippen MR) is 85.7 cm³/mol. The fourth-order valence-corrected chi connectivity index (χ4v) is 2.40. The van der Waals surface area contributed by atoms with Gasteiger partial charge in [0.2, 0.25) is 11.8 Å². The van der Waals surface area contributed by atoms with Crippen LogP contribution in [0.3, 0.4) is 0 Å². The molecule has 1 saturated heterocycles. The molecule has 21 heavy (non-hydrogen) atoms. The molecule has 1 aliphatic rings. The normalized spacial score (nSPS) is 17.8. The zero-order chi connectivity index (χ0) is 14.5. The number of nitrogens with zero attached hydrogens (tertiary/aromatic N) is 1. The van der Waals surface area contributed by atoms with E-state index in [0.29, 0.717) is 6.42 Å². The number of hydrogen-bond acceptors (Lipinski definition) is 3. The SMILES string of the molecule is CC(=O)Nc1ccc(CC(=O)N2CCNC[C@H]2C)cc1.Cl. The molecule has 0 radical (unpaired) electrons. The van der Waals surface area contributed by atoms with Gasteiger partial charge in [-0.1, -0.05) is 12.1 Å². The van der Waals surface area contributed by atoms with Crippen LogP contribution in [0.5, 0.6) is 0 Å². The first-order chi connectivity index (χ1) is 9.56. The Balaban J connectivity index is 0.00000220. The number of benzene rings is 1. The van der Waals surface area contributed by atoms with Crippen molar-refractivity contribution in [2.75, 3.05) is 25.0 Å². The third kappa shape index (κ3) is 5.02. The maximum absolute atomic E-state index is 12.3. The highest BCUT2D eigenvalue weighted by Crippen LogP contribution is 2.12. The Hall–Kier alpha value is -1.59. The van der Waals surface area contributed by atoms with Gasteiger partial charge in [-0.05, 0) is 24.6 Å². The molecule has 0 aliphatic carbocycles. The minimum absolute atomic E-state index is 0. The van der Waals surface area contributed by atoms with E-state index in [1.807, 2.05) is 29.2 Å². The van der Waals surface area contributed by atoms with E-state index in [2.05, 4.69) is 17.6 Å². The summed E-state index contributed by atoms with van der Waals surface area (Å²) in [5.41, 5.74) is 1.72. The summed E-state index contributed by atoms with van der Waals surface area (Å²) >= 11 is 0. The van der Waals surface area contributed by atoms with Crippen molar-refractivity contribution in [3.8, 4) is 0 Å². The van der Waals surface area contributed by atoms with Crippen molar-refractivity contribution in [3.05, 3.63) is 29.8 Å². The van der Waals surface area contributed by atoms with Crippen LogP contribution in [0.1, 0.15) is 19.4 Å². The lowest BCUT2D eigenvalue weighted by Gasteiger charge is -2.34. The average Bonchev–Trinajstić information content (AvgIpc) is 2.41. The van der Waals surface area contributed by atoms with Gasteiger partial charge in [0.15, 0.2) is 0 Å². The van der Waals surface area contributed by atoms with Crippen LogP contribution in [0.25, 0.3) is 0 Å². The lowest BCUT2D eigenvalue weighted by molar-refractivity contribution is -0.133. The smallest absolute Gasteiger partial charge is 0.227 e. The van der Waals surface area contributed by atoms with Crippen LogP contribution in [0, 0.1) is 0 Å². The highest BCUT2D eigenvalue weighted by molar-refractivity contribution is 5.88. The second kappa shape index (κ2) is 8.00. The third-order valence-corrected chi connectivity index (χ3v) is 3.45. The lowest BCUT2D eigenvalue weighted by Crippen LogP contribution is -2.52. The van der Waals surface area contributed by atoms with Crippen LogP contribution in [-0.4, -0.2) is 42.4 Å². The summed E-state index contributed by atoms with van der Waals surface area (Å²) in [4.78, 5) is 25.1. The number of anilines is 1. The Kier molecular flexibility index (Phi) is 6.65. The summed E-state index contributed by atoms with van der Waals surface area (Å²) in [6, 6.07) is 7.66. The second-order valence-electron chi connectivity index (χ2n) is 5.20. The molecule has 0 saturated carbocycles. The molecule has 5 nitrogen and oxygen atoms in total. The number of piperazine rings is 1. The van der Waals surface area contributed by atoms with Gasteiger partial charge in [-0.15, -0.1) is 12.4 Å². The molecule has 0 spiro atoms. The maximum atomic E-state index is 12.3. The summed E-state index contributed by atoms with van der Waals surface area (Å²) in [7, 11) is 0. The average molecular weight is 312 g/mol. The Labute approximate surface area is 131 Å². The van der Waals surface area contributed by atoms with Crippen LogP contribution in [-0.2, 0) is 16.0 Å². The largest absolute Gasteiger partial charge is 0.337 e. The third-order valence-electron chi connectivity index (χ3n) is 3.45. The molecule has 0 aromatic heterocycles. The van der Waals surface area contributed by atoms with E-state index in [-0.39, 0.29) is 30.3 Å². The molecule has 0 unspecified atom stereocenters. The van der Waals surface area contributed by atoms with Crippen molar-refractivity contribution in [3.63, 3.8) is 0 Å². The molecule has 1 aliphatic heterocycles. The topological polar surface area (TPSA) is 61.4 Å². The first kappa shape index (κ1) is 17.5. The van der Waals surface area contributed by atoms with E-state index in [0.717, 1.165) is 30.9 Å². The van der Waals surface area contributed by atoms with Crippen molar-refractivity contribution in [2.24, 2.45) is 0 Å². The number of hydrogen-bond donors (Lipinski definition) is 2. The van der Waals surface area contributed by atoms with Gasteiger partial charge in [0.25, 0.3) is 0 Å². The van der Waals surface area contributed by atoms with E-state index in [4.69, 9.17) is 0 Å². The number of nitrogens with one attached hydrogen (secondary N) is 2. The fraction of sp³-hybridized carbons (Fsp3) is 0.467. The second-order valence-corrected chi connectivity index (χ2v) is 5.20. The summed E-state index contributed by atoms with van der Waals surface area (Å²) < 4.78 is 0. The standard InChI is InChI=1S/C15H21N3O2.ClH/c1-11-10-16-7-8-18(11)15(20)9-13-3-5-14(6-4-13)17-12(2)19;/h3-6,11,16H,7-10H2,1-2H3,(H,17,19);1H/t11-;/m1./s1. The quantitative estimate of drug-likeness (QED) is 0.888. The minimum atomic E-state index is -0.0940. The van der Waals surface area contributed by atoms with Crippen LogP contribution in [0.4, 0.5) is 5.69 Å². The molecule has 1 fully saturated rings. The molecule has 6 heteroatoms. The number of rotatable bonds is 3. The monoisotopic (exact) mass is 311 g/mol. The highest BCUT2D eigenvalue weighted by atomic mass is 35.5. The van der Waals surface area contributed by atoms with Gasteiger partial charge in [0, 0.05) is 38.3 Å². The number of amides is 2. The van der Waals surface area contributed by atoms with E-state index in [1.54, 1.807) is 0 Å². The minimum Gasteiger partial charge on any atom is -0.337 e. The van der Waals surface area contributed by atoms with Crippen LogP contribution >= 0.6 is 12.4 Å². The van der Waals surface area contributed by atoms with Gasteiger partial charge in [-0.2, -0.15) is 0 Å². The van der Waals surface area contributed by atoms with Gasteiger partial charge in [0.1, 0.15) is 0 Å². The van der Waals surface area contributed by atoms with Crippen molar-refractivity contribution >= 4 is 29.9 Å². The number of halogens is 1. The van der Waals surface area contributed by atoms with E-state index in [1.165, 1.54) is 6.92 Å². The highest BCUT2D eigenvalue weighted by Gasteiger charge is 2.22. The van der Waals surface area contributed by atoms with Gasteiger partial charge in [-0.3, -0.25) is 9.59 Å². The summed E-state index contributed by atoms with van der Waals surface area (Å²) in [6.45, 7) is 6.02. The fourth-order valence-electron chi connectivity index (χ4n) is 2.40. The van der Waals surface area contributed by atoms with Crippen LogP contribution in [0.2, 0.25) is 0 Å². The molecule has 2 amide bonds.